The van der Waals surface area contributed by atoms with Crippen molar-refractivity contribution in [2.75, 3.05) is 11.9 Å². The molecule has 1 aliphatic rings. The fourth-order valence-electron chi connectivity index (χ4n) is 3.64. The van der Waals surface area contributed by atoms with Gasteiger partial charge in [0, 0.05) is 24.5 Å². The number of H-pyrrole nitrogens is 1. The van der Waals surface area contributed by atoms with E-state index in [0.29, 0.717) is 36.9 Å². The lowest BCUT2D eigenvalue weighted by Crippen LogP contribution is -2.31. The Kier molecular flexibility index (Phi) is 5.65. The van der Waals surface area contributed by atoms with Crippen LogP contribution in [0, 0.1) is 5.92 Å². The van der Waals surface area contributed by atoms with E-state index < -0.39 is 0 Å². The van der Waals surface area contributed by atoms with Gasteiger partial charge < -0.3 is 10.2 Å². The van der Waals surface area contributed by atoms with Gasteiger partial charge in [-0.2, -0.15) is 10.2 Å². The number of nitrogens with zero attached hydrogens (tertiary/aromatic N) is 4. The minimum atomic E-state index is -0.259. The summed E-state index contributed by atoms with van der Waals surface area (Å²) >= 11 is 0. The van der Waals surface area contributed by atoms with Crippen LogP contribution in [0.15, 0.2) is 42.5 Å². The summed E-state index contributed by atoms with van der Waals surface area (Å²) in [6.07, 6.45) is 1.62. The Labute approximate surface area is 175 Å². The van der Waals surface area contributed by atoms with Crippen LogP contribution in [0.3, 0.4) is 0 Å². The van der Waals surface area contributed by atoms with Gasteiger partial charge in [-0.05, 0) is 43.0 Å². The molecule has 0 aliphatic carbocycles. The largest absolute Gasteiger partial charge is 0.331 e. The standard InChI is InChI=1S/C22H26N6O2/c1-15(2)11-17-12-20(25-24-17)22(30)27-9-6-10-28-18(14-27)13-19(26-28)21(29)23-16-7-4-3-5-8-16/h3-5,7-8,12-13,15H,6,9-11,14H2,1-2H3,(H,23,29)(H,24,25). The summed E-state index contributed by atoms with van der Waals surface area (Å²) in [5.74, 6) is 0.123. The van der Waals surface area contributed by atoms with Crippen molar-refractivity contribution in [2.45, 2.75) is 39.8 Å². The molecule has 2 amide bonds. The van der Waals surface area contributed by atoms with E-state index in [9.17, 15) is 9.59 Å². The number of rotatable bonds is 5. The first kappa shape index (κ1) is 19.9. The molecule has 0 fully saturated rings. The van der Waals surface area contributed by atoms with Gasteiger partial charge in [0.25, 0.3) is 11.8 Å². The van der Waals surface area contributed by atoms with Crippen molar-refractivity contribution in [3.05, 3.63) is 65.2 Å². The SMILES string of the molecule is CC(C)Cc1cc(C(=O)N2CCCn3nc(C(=O)Nc4ccccc4)cc3C2)n[nH]1. The molecule has 0 unspecified atom stereocenters. The van der Waals surface area contributed by atoms with E-state index in [2.05, 4.69) is 34.5 Å². The Hall–Kier alpha value is -3.42. The lowest BCUT2D eigenvalue weighted by Gasteiger charge is -2.18. The van der Waals surface area contributed by atoms with Crippen LogP contribution in [-0.4, -0.2) is 43.2 Å². The monoisotopic (exact) mass is 406 g/mol. The quantitative estimate of drug-likeness (QED) is 0.680. The number of aromatic nitrogens is 4. The van der Waals surface area contributed by atoms with Crippen LogP contribution in [0.4, 0.5) is 5.69 Å². The lowest BCUT2D eigenvalue weighted by molar-refractivity contribution is 0.0739. The molecule has 2 N–H and O–H groups in total. The number of aryl methyl sites for hydroxylation is 1. The maximum absolute atomic E-state index is 13.0. The molecule has 0 saturated carbocycles. The second-order valence-corrected chi connectivity index (χ2v) is 8.02. The van der Waals surface area contributed by atoms with Gasteiger partial charge in [-0.25, -0.2) is 0 Å². The molecule has 1 aliphatic heterocycles. The predicted molar refractivity (Wildman–Crippen MR) is 113 cm³/mol. The molecule has 8 heteroatoms. The summed E-state index contributed by atoms with van der Waals surface area (Å²) in [4.78, 5) is 27.3. The number of carbonyl (C=O) groups excluding carboxylic acids is 2. The zero-order chi connectivity index (χ0) is 21.1. The van der Waals surface area contributed by atoms with Gasteiger partial charge in [0.15, 0.2) is 5.69 Å². The van der Waals surface area contributed by atoms with Crippen LogP contribution in [0.2, 0.25) is 0 Å². The number of benzene rings is 1. The molecule has 0 bridgehead atoms. The minimum absolute atomic E-state index is 0.105. The van der Waals surface area contributed by atoms with E-state index in [1.807, 2.05) is 41.1 Å². The third-order valence-corrected chi connectivity index (χ3v) is 5.04. The van der Waals surface area contributed by atoms with Crippen LogP contribution in [0.1, 0.15) is 52.6 Å². The van der Waals surface area contributed by atoms with Crippen LogP contribution in [0.5, 0.6) is 0 Å². The van der Waals surface area contributed by atoms with Gasteiger partial charge in [0.2, 0.25) is 0 Å². The van der Waals surface area contributed by atoms with Crippen molar-refractivity contribution >= 4 is 17.5 Å². The number of hydrogen-bond donors (Lipinski definition) is 2. The van der Waals surface area contributed by atoms with Gasteiger partial charge in [0.1, 0.15) is 5.69 Å². The van der Waals surface area contributed by atoms with Gasteiger partial charge >= 0.3 is 0 Å². The molecule has 8 nitrogen and oxygen atoms in total. The summed E-state index contributed by atoms with van der Waals surface area (Å²) in [5, 5.41) is 14.5. The summed E-state index contributed by atoms with van der Waals surface area (Å²) in [5.41, 5.74) is 3.31. The number of anilines is 1. The van der Waals surface area contributed by atoms with Crippen LogP contribution in [0.25, 0.3) is 0 Å². The van der Waals surface area contributed by atoms with E-state index in [-0.39, 0.29) is 11.8 Å². The predicted octanol–water partition coefficient (Wildman–Crippen LogP) is 3.10. The number of nitrogens with one attached hydrogen (secondary N) is 2. The van der Waals surface area contributed by atoms with Crippen LogP contribution in [-0.2, 0) is 19.5 Å². The zero-order valence-corrected chi connectivity index (χ0v) is 17.3. The van der Waals surface area contributed by atoms with Gasteiger partial charge in [-0.1, -0.05) is 32.0 Å². The normalized spacial score (nSPS) is 13.8. The second kappa shape index (κ2) is 8.52. The second-order valence-electron chi connectivity index (χ2n) is 8.02. The topological polar surface area (TPSA) is 95.9 Å². The van der Waals surface area contributed by atoms with Gasteiger partial charge in [-0.15, -0.1) is 0 Å². The van der Waals surface area contributed by atoms with E-state index >= 15 is 0 Å². The molecule has 0 saturated heterocycles. The lowest BCUT2D eigenvalue weighted by atomic mass is 10.1. The van der Waals surface area contributed by atoms with Crippen LogP contribution < -0.4 is 5.32 Å². The molecule has 4 rings (SSSR count). The highest BCUT2D eigenvalue weighted by atomic mass is 16.2. The molecule has 2 aromatic heterocycles. The molecule has 30 heavy (non-hydrogen) atoms. The van der Waals surface area contributed by atoms with Gasteiger partial charge in [-0.3, -0.25) is 19.4 Å². The summed E-state index contributed by atoms with van der Waals surface area (Å²) < 4.78 is 1.82. The van der Waals surface area contributed by atoms with Crippen molar-refractivity contribution < 1.29 is 9.59 Å². The molecule has 156 valence electrons. The molecular formula is C22H26N6O2. The summed E-state index contributed by atoms with van der Waals surface area (Å²) in [6, 6.07) is 12.9. The number of hydrogen-bond acceptors (Lipinski definition) is 4. The third-order valence-electron chi connectivity index (χ3n) is 5.04. The fourth-order valence-corrected chi connectivity index (χ4v) is 3.64. The summed E-state index contributed by atoms with van der Waals surface area (Å²) in [6.45, 7) is 5.95. The number of aromatic amines is 1. The van der Waals surface area contributed by atoms with Crippen molar-refractivity contribution in [1.29, 1.82) is 0 Å². The molecule has 1 aromatic carbocycles. The highest BCUT2D eigenvalue weighted by molar-refractivity contribution is 6.02. The van der Waals surface area contributed by atoms with Crippen molar-refractivity contribution in [1.82, 2.24) is 24.9 Å². The van der Waals surface area contributed by atoms with Crippen molar-refractivity contribution in [3.8, 4) is 0 Å². The third kappa shape index (κ3) is 4.42. The maximum Gasteiger partial charge on any atom is 0.276 e. The fraction of sp³-hybridized carbons (Fsp3) is 0.364. The number of para-hydroxylation sites is 1. The highest BCUT2D eigenvalue weighted by Gasteiger charge is 2.24. The van der Waals surface area contributed by atoms with E-state index in [1.54, 1.807) is 11.0 Å². The van der Waals surface area contributed by atoms with E-state index in [1.165, 1.54) is 0 Å². The molecule has 0 radical (unpaired) electrons. The Morgan fingerprint density at radius 3 is 2.70 bits per heavy atom. The number of amides is 2. The number of fused-ring (bicyclic) bond motifs is 1. The molecule has 0 spiro atoms. The van der Waals surface area contributed by atoms with Crippen molar-refractivity contribution in [2.24, 2.45) is 5.92 Å². The minimum Gasteiger partial charge on any atom is -0.331 e. The molecule has 0 atom stereocenters. The van der Waals surface area contributed by atoms with Gasteiger partial charge in [0.05, 0.1) is 12.2 Å². The van der Waals surface area contributed by atoms with E-state index in [4.69, 9.17) is 0 Å². The van der Waals surface area contributed by atoms with E-state index in [0.717, 1.165) is 29.9 Å². The highest BCUT2D eigenvalue weighted by Crippen LogP contribution is 2.18. The molecular weight excluding hydrogens is 380 g/mol. The van der Waals surface area contributed by atoms with Crippen LogP contribution >= 0.6 is 0 Å². The first-order chi connectivity index (χ1) is 14.5. The Balaban J connectivity index is 1.47. The zero-order valence-electron chi connectivity index (χ0n) is 17.3. The van der Waals surface area contributed by atoms with Crippen molar-refractivity contribution in [3.63, 3.8) is 0 Å². The Morgan fingerprint density at radius 1 is 1.13 bits per heavy atom. The molecule has 3 heterocycles. The molecule has 3 aromatic rings. The average molecular weight is 406 g/mol. The smallest absolute Gasteiger partial charge is 0.276 e. The number of carbonyl (C=O) groups is 2. The summed E-state index contributed by atoms with van der Waals surface area (Å²) in [7, 11) is 0. The average Bonchev–Trinajstić information content (AvgIpc) is 3.30. The maximum atomic E-state index is 13.0. The first-order valence-electron chi connectivity index (χ1n) is 10.3. The Morgan fingerprint density at radius 2 is 1.93 bits per heavy atom. The first-order valence-corrected chi connectivity index (χ1v) is 10.3. The Bertz CT molecular complexity index is 1040.